The number of methoxy groups -OCH3 is 1. The normalized spacial score (nSPS) is 12.3. The third-order valence-electron chi connectivity index (χ3n) is 4.25. The summed E-state index contributed by atoms with van der Waals surface area (Å²) in [6.45, 7) is 2.67. The van der Waals surface area contributed by atoms with Crippen LogP contribution in [0.1, 0.15) is 27.0 Å². The second-order valence-corrected chi connectivity index (χ2v) is 7.13. The third-order valence-corrected chi connectivity index (χ3v) is 5.03. The monoisotopic (exact) mass is 653 g/mol. The molecule has 1 aliphatic heterocycles. The molecule has 1 heterocycles. The summed E-state index contributed by atoms with van der Waals surface area (Å²) in [5, 5.41) is 10.1. The van der Waals surface area contributed by atoms with Crippen LogP contribution in [0.25, 0.3) is 0 Å². The van der Waals surface area contributed by atoms with Crippen LogP contribution in [0.15, 0.2) is 24.3 Å². The van der Waals surface area contributed by atoms with Crippen molar-refractivity contribution in [3.05, 3.63) is 46.5 Å². The van der Waals surface area contributed by atoms with E-state index in [1.165, 1.54) is 13.2 Å². The number of carbonyl (C=O) groups is 1. The van der Waals surface area contributed by atoms with E-state index in [0.717, 1.165) is 20.3 Å². The molecule has 0 aromatic heterocycles. The van der Waals surface area contributed by atoms with Gasteiger partial charge in [-0.05, 0) is 30.2 Å². The minimum atomic E-state index is -0.213. The predicted molar refractivity (Wildman–Crippen MR) is 106 cm³/mol. The van der Waals surface area contributed by atoms with Crippen LogP contribution in [-0.2, 0) is 35.5 Å². The number of halogens is 1. The molecule has 0 bridgehead atoms. The first-order chi connectivity index (χ1) is 12.0. The van der Waals surface area contributed by atoms with Crippen molar-refractivity contribution in [3.8, 4) is 17.2 Å². The molecule has 1 radical (unpaired) electrons. The zero-order chi connectivity index (χ0) is 18.1. The van der Waals surface area contributed by atoms with Gasteiger partial charge in [-0.1, -0.05) is 6.07 Å². The van der Waals surface area contributed by atoms with Gasteiger partial charge in [-0.2, -0.15) is 0 Å². The number of ether oxygens (including phenoxy) is 1. The van der Waals surface area contributed by atoms with Crippen LogP contribution in [0, 0.1) is 6.92 Å². The van der Waals surface area contributed by atoms with Gasteiger partial charge in [0.15, 0.2) is 5.75 Å². The van der Waals surface area contributed by atoms with Crippen molar-refractivity contribution in [3.63, 3.8) is 0 Å². The molecule has 0 saturated heterocycles. The van der Waals surface area contributed by atoms with Gasteiger partial charge in [0.05, 0.1) is 7.11 Å². The summed E-state index contributed by atoms with van der Waals surface area (Å²) >= 11 is 1.96. The summed E-state index contributed by atoms with van der Waals surface area (Å²) in [6, 6.07) is 7.10. The van der Waals surface area contributed by atoms with Gasteiger partial charge >= 0.3 is 0 Å². The number of nitrogens with two attached hydrogens (primary N) is 1. The predicted octanol–water partition coefficient (Wildman–Crippen LogP) is 3.82. The molecule has 26 heavy (non-hydrogen) atoms. The number of phenolic OH excluding ortho intramolecular Hbond substituents is 1. The van der Waals surface area contributed by atoms with Crippen LogP contribution < -0.4 is 14.7 Å². The standard InChI is InChI=1S/C17H17IN2O4S.Ta/c1-9-13(21)6-14(24-25-18)15(16(9)23-2)17(22)20-7-10-3-4-12(19)5-11(10)8-20;/h3-6,21H,7-8,19H2,1-2H3;. The van der Waals surface area contributed by atoms with Gasteiger partial charge in [0.2, 0.25) is 0 Å². The maximum Gasteiger partial charge on any atom is 0.262 e. The largest absolute Gasteiger partial charge is 0.507 e. The maximum atomic E-state index is 13.2. The van der Waals surface area contributed by atoms with E-state index >= 15 is 0 Å². The average Bonchev–Trinajstić information content (AvgIpc) is 3.00. The summed E-state index contributed by atoms with van der Waals surface area (Å²) in [4.78, 5) is 14.9. The molecule has 3 N–H and O–H groups in total. The number of anilines is 1. The fraction of sp³-hybridized carbons (Fsp3) is 0.235. The van der Waals surface area contributed by atoms with Crippen molar-refractivity contribution < 1.29 is 41.2 Å². The van der Waals surface area contributed by atoms with Crippen LogP contribution in [-0.4, -0.2) is 23.0 Å². The van der Waals surface area contributed by atoms with Crippen molar-refractivity contribution in [2.75, 3.05) is 12.8 Å². The Labute approximate surface area is 183 Å². The molecular weight excluding hydrogens is 636 g/mol. The average molecular weight is 653 g/mol. The molecule has 2 aromatic carbocycles. The minimum Gasteiger partial charge on any atom is -0.507 e. The number of hydrogen-bond acceptors (Lipinski definition) is 6. The third kappa shape index (κ3) is 3.94. The Morgan fingerprint density at radius 3 is 2.65 bits per heavy atom. The van der Waals surface area contributed by atoms with Gasteiger partial charge in [0, 0.05) is 74.0 Å². The first kappa shape index (κ1) is 21.2. The van der Waals surface area contributed by atoms with E-state index in [1.54, 1.807) is 11.8 Å². The Morgan fingerprint density at radius 2 is 2.00 bits per heavy atom. The van der Waals surface area contributed by atoms with E-state index in [4.69, 9.17) is 14.7 Å². The molecule has 0 aliphatic carbocycles. The van der Waals surface area contributed by atoms with Gasteiger partial charge in [-0.15, -0.1) is 0 Å². The second-order valence-electron chi connectivity index (χ2n) is 5.76. The molecule has 0 saturated carbocycles. The molecule has 1 amide bonds. The number of amides is 1. The zero-order valence-corrected chi connectivity index (χ0v) is 20.3. The SMILES string of the molecule is COc1c(C)c(O)cc(OSI)c1C(=O)N1Cc2ccc(N)cc2C1.[Ta]. The fourth-order valence-electron chi connectivity index (χ4n) is 2.99. The van der Waals surface area contributed by atoms with Gasteiger partial charge in [-0.25, -0.2) is 0 Å². The first-order valence-electron chi connectivity index (χ1n) is 7.48. The summed E-state index contributed by atoms with van der Waals surface area (Å²) in [5.41, 5.74) is 9.43. The molecule has 0 fully saturated rings. The number of benzene rings is 2. The van der Waals surface area contributed by atoms with Crippen molar-refractivity contribution in [1.82, 2.24) is 4.90 Å². The number of nitrogens with zero attached hydrogens (tertiary/aromatic N) is 1. The number of rotatable bonds is 4. The molecule has 1 aliphatic rings. The van der Waals surface area contributed by atoms with Gasteiger partial charge < -0.3 is 24.7 Å². The molecule has 2 aromatic rings. The van der Waals surface area contributed by atoms with Gasteiger partial charge in [0.1, 0.15) is 26.3 Å². The van der Waals surface area contributed by atoms with Crippen molar-refractivity contribution in [1.29, 1.82) is 0 Å². The quantitative estimate of drug-likeness (QED) is 0.297. The summed E-state index contributed by atoms with van der Waals surface area (Å²) in [6.07, 6.45) is 0. The zero-order valence-electron chi connectivity index (χ0n) is 14.2. The molecule has 0 spiro atoms. The fourth-order valence-corrected chi connectivity index (χ4v) is 3.77. The van der Waals surface area contributed by atoms with E-state index in [-0.39, 0.29) is 39.8 Å². The second kappa shape index (κ2) is 8.75. The molecule has 0 unspecified atom stereocenters. The Hall–Kier alpha value is -1.07. The van der Waals surface area contributed by atoms with Crippen molar-refractivity contribution in [2.24, 2.45) is 0 Å². The number of hydrogen-bond donors (Lipinski definition) is 2. The van der Waals surface area contributed by atoms with Crippen molar-refractivity contribution >= 4 is 42.0 Å². The molecule has 6 nitrogen and oxygen atoms in total. The Balaban J connectivity index is 0.00000243. The number of phenols is 1. The van der Waals surface area contributed by atoms with E-state index < -0.39 is 0 Å². The van der Waals surface area contributed by atoms with Crippen LogP contribution in [0.2, 0.25) is 0 Å². The topological polar surface area (TPSA) is 85.0 Å². The Bertz CT molecular complexity index is 850. The summed E-state index contributed by atoms with van der Waals surface area (Å²) in [5.74, 6) is 0.405. The maximum absolute atomic E-state index is 13.2. The summed E-state index contributed by atoms with van der Waals surface area (Å²) < 4.78 is 10.9. The Kier molecular flexibility index (Phi) is 7.14. The minimum absolute atomic E-state index is 0. The van der Waals surface area contributed by atoms with E-state index in [1.807, 2.05) is 39.4 Å². The molecule has 3 rings (SSSR count). The first-order valence-corrected chi connectivity index (χ1v) is 10.8. The molecule has 137 valence electrons. The van der Waals surface area contributed by atoms with Gasteiger partial charge in [0.25, 0.3) is 5.91 Å². The van der Waals surface area contributed by atoms with Crippen molar-refractivity contribution in [2.45, 2.75) is 20.0 Å². The van der Waals surface area contributed by atoms with Crippen LogP contribution >= 0.6 is 30.4 Å². The van der Waals surface area contributed by atoms with Crippen LogP contribution in [0.5, 0.6) is 17.2 Å². The number of fused-ring (bicyclic) bond motifs is 1. The van der Waals surface area contributed by atoms with E-state index in [9.17, 15) is 9.90 Å². The van der Waals surface area contributed by atoms with Crippen LogP contribution in [0.3, 0.4) is 0 Å². The number of aromatic hydroxyl groups is 1. The van der Waals surface area contributed by atoms with Gasteiger partial charge in [-0.3, -0.25) is 4.79 Å². The smallest absolute Gasteiger partial charge is 0.262 e. The number of carbonyl (C=O) groups excluding carboxylic acids is 1. The number of nitrogen functional groups attached to an aromatic ring is 1. The van der Waals surface area contributed by atoms with E-state index in [2.05, 4.69) is 0 Å². The Morgan fingerprint density at radius 1 is 1.31 bits per heavy atom. The van der Waals surface area contributed by atoms with E-state index in [0.29, 0.717) is 35.7 Å². The molecular formula is C17H17IN2O4STa. The molecule has 0 atom stereocenters. The summed E-state index contributed by atoms with van der Waals surface area (Å²) in [7, 11) is 2.54. The van der Waals surface area contributed by atoms with Crippen LogP contribution in [0.4, 0.5) is 5.69 Å². The molecule has 9 heteroatoms.